The van der Waals surface area contributed by atoms with E-state index in [2.05, 4.69) is 17.1 Å². The molecule has 0 aliphatic carbocycles. The molecule has 2 aromatic carbocycles. The Morgan fingerprint density at radius 3 is 2.38 bits per heavy atom. The summed E-state index contributed by atoms with van der Waals surface area (Å²) in [6, 6.07) is 21.3. The van der Waals surface area contributed by atoms with Gasteiger partial charge in [0.1, 0.15) is 6.04 Å². The lowest BCUT2D eigenvalue weighted by Gasteiger charge is -2.35. The molecule has 1 aromatic heterocycles. The molecule has 1 saturated heterocycles. The molecule has 3 aromatic rings. The molecule has 2 aliphatic rings. The third kappa shape index (κ3) is 2.83. The van der Waals surface area contributed by atoms with Crippen LogP contribution in [0.15, 0.2) is 79.1 Å². The van der Waals surface area contributed by atoms with Crippen LogP contribution in [0.2, 0.25) is 5.02 Å². The third-order valence-electron chi connectivity index (χ3n) is 6.38. The van der Waals surface area contributed by atoms with Gasteiger partial charge in [0.2, 0.25) is 0 Å². The summed E-state index contributed by atoms with van der Waals surface area (Å²) in [5, 5.41) is 21.3. The summed E-state index contributed by atoms with van der Waals surface area (Å²) in [5.74, 6) is -0.838. The molecule has 5 nitrogen and oxygen atoms in total. The van der Waals surface area contributed by atoms with Crippen molar-refractivity contribution in [1.82, 2.24) is 4.98 Å². The molecule has 0 N–H and O–H groups in total. The van der Waals surface area contributed by atoms with E-state index in [9.17, 15) is 15.3 Å². The zero-order valence-electron chi connectivity index (χ0n) is 16.9. The van der Waals surface area contributed by atoms with Crippen LogP contribution in [0.3, 0.4) is 0 Å². The number of hydrogen-bond donors (Lipinski definition) is 0. The summed E-state index contributed by atoms with van der Waals surface area (Å²) in [4.78, 5) is 20.0. The maximum Gasteiger partial charge on any atom is 0.185 e. The summed E-state index contributed by atoms with van der Waals surface area (Å²) >= 11 is 6.04. The Morgan fingerprint density at radius 1 is 1.00 bits per heavy atom. The van der Waals surface area contributed by atoms with Crippen molar-refractivity contribution in [3.63, 3.8) is 0 Å². The van der Waals surface area contributed by atoms with E-state index in [4.69, 9.17) is 11.6 Å². The van der Waals surface area contributed by atoms with Crippen LogP contribution in [0.4, 0.5) is 5.69 Å². The lowest BCUT2D eigenvalue weighted by atomic mass is 9.69. The van der Waals surface area contributed by atoms with Gasteiger partial charge in [-0.1, -0.05) is 42.0 Å². The minimum atomic E-state index is -1.46. The Hall–Kier alpha value is -3.93. The minimum absolute atomic E-state index is 0.161. The summed E-state index contributed by atoms with van der Waals surface area (Å²) in [6.45, 7) is 0. The molecule has 2 aliphatic heterocycles. The zero-order valence-corrected chi connectivity index (χ0v) is 17.6. The maximum absolute atomic E-state index is 14.0. The second kappa shape index (κ2) is 7.64. The minimum Gasteiger partial charge on any atom is -0.351 e. The van der Waals surface area contributed by atoms with Crippen LogP contribution in [0.5, 0.6) is 0 Å². The highest BCUT2D eigenvalue weighted by Crippen LogP contribution is 2.55. The van der Waals surface area contributed by atoms with E-state index in [1.54, 1.807) is 48.8 Å². The Labute approximate surface area is 190 Å². The van der Waals surface area contributed by atoms with Gasteiger partial charge in [-0.15, -0.1) is 0 Å². The predicted molar refractivity (Wildman–Crippen MR) is 122 cm³/mol. The number of ketones is 1. The number of rotatable bonds is 3. The molecule has 3 atom stereocenters. The summed E-state index contributed by atoms with van der Waals surface area (Å²) in [6.07, 6.45) is 7.05. The van der Waals surface area contributed by atoms with Crippen molar-refractivity contribution >= 4 is 29.1 Å². The molecule has 0 saturated carbocycles. The molecule has 0 unspecified atom stereocenters. The number of fused-ring (bicyclic) bond motifs is 3. The van der Waals surface area contributed by atoms with Gasteiger partial charge in [-0.05, 0) is 53.6 Å². The lowest BCUT2D eigenvalue weighted by Crippen LogP contribution is -2.44. The van der Waals surface area contributed by atoms with E-state index in [1.807, 2.05) is 41.3 Å². The molecular weight excluding hydrogens is 420 g/mol. The smallest absolute Gasteiger partial charge is 0.185 e. The SMILES string of the molecule is N#CC1(C#N)[C@@H](c2ccncc2)[C@H](C(=O)c2ccc(Cl)cc2)N2c3ccccc3C=C[C@@H]21. The molecule has 6 heteroatoms. The Bertz CT molecular complexity index is 1290. The number of aromatic nitrogens is 1. The molecular formula is C26H17ClN4O. The van der Waals surface area contributed by atoms with Gasteiger partial charge in [0.15, 0.2) is 11.2 Å². The number of anilines is 1. The van der Waals surface area contributed by atoms with E-state index >= 15 is 0 Å². The van der Waals surface area contributed by atoms with Crippen molar-refractivity contribution in [3.05, 3.63) is 101 Å². The largest absolute Gasteiger partial charge is 0.351 e. The number of para-hydroxylation sites is 1. The molecule has 1 fully saturated rings. The van der Waals surface area contributed by atoms with Crippen molar-refractivity contribution in [3.8, 4) is 12.1 Å². The summed E-state index contributed by atoms with van der Waals surface area (Å²) in [5.41, 5.74) is 1.53. The first-order valence-electron chi connectivity index (χ1n) is 10.2. The van der Waals surface area contributed by atoms with Crippen LogP contribution in [0.1, 0.15) is 27.4 Å². The van der Waals surface area contributed by atoms with E-state index < -0.39 is 23.4 Å². The van der Waals surface area contributed by atoms with Crippen LogP contribution in [0, 0.1) is 28.1 Å². The number of carbonyl (C=O) groups is 1. The average Bonchev–Trinajstić information content (AvgIpc) is 3.15. The molecule has 0 radical (unpaired) electrons. The molecule has 32 heavy (non-hydrogen) atoms. The summed E-state index contributed by atoms with van der Waals surface area (Å²) in [7, 11) is 0. The van der Waals surface area contributed by atoms with Crippen LogP contribution >= 0.6 is 11.6 Å². The van der Waals surface area contributed by atoms with Gasteiger partial charge < -0.3 is 4.90 Å². The zero-order chi connectivity index (χ0) is 22.3. The van der Waals surface area contributed by atoms with E-state index in [0.717, 1.165) is 16.8 Å². The first-order chi connectivity index (χ1) is 15.6. The number of benzene rings is 2. The maximum atomic E-state index is 14.0. The molecule has 0 spiro atoms. The predicted octanol–water partition coefficient (Wildman–Crippen LogP) is 5.02. The highest BCUT2D eigenvalue weighted by molar-refractivity contribution is 6.30. The second-order valence-electron chi connectivity index (χ2n) is 7.94. The molecule has 3 heterocycles. The second-order valence-corrected chi connectivity index (χ2v) is 8.37. The number of halogens is 1. The fourth-order valence-corrected chi connectivity index (χ4v) is 5.09. The monoisotopic (exact) mass is 436 g/mol. The van der Waals surface area contributed by atoms with Crippen molar-refractivity contribution in [2.75, 3.05) is 4.90 Å². The number of carbonyl (C=O) groups excluding carboxylic acids is 1. The van der Waals surface area contributed by atoms with E-state index in [1.165, 1.54) is 0 Å². The third-order valence-corrected chi connectivity index (χ3v) is 6.63. The number of nitriles is 2. The van der Waals surface area contributed by atoms with Crippen LogP contribution in [-0.4, -0.2) is 22.9 Å². The van der Waals surface area contributed by atoms with Gasteiger partial charge in [-0.2, -0.15) is 10.5 Å². The molecule has 5 rings (SSSR count). The Morgan fingerprint density at radius 2 is 1.69 bits per heavy atom. The quantitative estimate of drug-likeness (QED) is 0.538. The fourth-order valence-electron chi connectivity index (χ4n) is 4.96. The number of pyridine rings is 1. The highest BCUT2D eigenvalue weighted by atomic mass is 35.5. The van der Waals surface area contributed by atoms with Crippen LogP contribution in [-0.2, 0) is 0 Å². The summed E-state index contributed by atoms with van der Waals surface area (Å²) < 4.78 is 0. The number of nitrogens with zero attached hydrogens (tertiary/aromatic N) is 4. The Kier molecular flexibility index (Phi) is 4.78. The van der Waals surface area contributed by atoms with Gasteiger partial charge in [0, 0.05) is 34.6 Å². The van der Waals surface area contributed by atoms with Crippen molar-refractivity contribution in [2.45, 2.75) is 18.0 Å². The normalized spacial score (nSPS) is 22.3. The van der Waals surface area contributed by atoms with E-state index in [-0.39, 0.29) is 5.78 Å². The Balaban J connectivity index is 1.78. The van der Waals surface area contributed by atoms with Crippen molar-refractivity contribution in [2.24, 2.45) is 5.41 Å². The molecule has 154 valence electrons. The van der Waals surface area contributed by atoms with E-state index in [0.29, 0.717) is 10.6 Å². The van der Waals surface area contributed by atoms with Crippen molar-refractivity contribution < 1.29 is 4.79 Å². The topological polar surface area (TPSA) is 80.8 Å². The average molecular weight is 437 g/mol. The standard InChI is InChI=1S/C26H17ClN4O/c27-20-8-5-19(6-9-20)25(32)24-23(18-11-13-30-14-12-18)26(15-28,16-29)22-10-7-17-3-1-2-4-21(17)31(22)24/h1-14,22-24H/t22-,23+,24-/m1/s1. The van der Waals surface area contributed by atoms with Crippen molar-refractivity contribution in [1.29, 1.82) is 10.5 Å². The fraction of sp³-hybridized carbons (Fsp3) is 0.154. The van der Waals surface area contributed by atoms with Gasteiger partial charge in [0.25, 0.3) is 0 Å². The van der Waals surface area contributed by atoms with Gasteiger partial charge in [-0.25, -0.2) is 0 Å². The first kappa shape index (κ1) is 20.0. The number of hydrogen-bond acceptors (Lipinski definition) is 5. The molecule has 0 amide bonds. The van der Waals surface area contributed by atoms with Gasteiger partial charge in [0.05, 0.1) is 18.2 Å². The van der Waals surface area contributed by atoms with Crippen LogP contribution in [0.25, 0.3) is 6.08 Å². The lowest BCUT2D eigenvalue weighted by molar-refractivity contribution is 0.0951. The number of Topliss-reactive ketones (excluding diaryl/α,β-unsaturated/α-hetero) is 1. The molecule has 0 bridgehead atoms. The van der Waals surface area contributed by atoms with Gasteiger partial charge in [-0.3, -0.25) is 9.78 Å². The first-order valence-corrected chi connectivity index (χ1v) is 10.6. The van der Waals surface area contributed by atoms with Crippen LogP contribution < -0.4 is 4.90 Å². The highest BCUT2D eigenvalue weighted by Gasteiger charge is 2.63. The van der Waals surface area contributed by atoms with Gasteiger partial charge >= 0.3 is 0 Å².